The summed E-state index contributed by atoms with van der Waals surface area (Å²) >= 11 is 0. The van der Waals surface area contributed by atoms with Crippen molar-refractivity contribution in [1.29, 1.82) is 0 Å². The van der Waals surface area contributed by atoms with Crippen molar-refractivity contribution < 1.29 is 5.11 Å². The Morgan fingerprint density at radius 2 is 1.75 bits per heavy atom. The fourth-order valence-electron chi connectivity index (χ4n) is 2.10. The normalized spacial score (nSPS) is 32.0. The third-order valence-corrected chi connectivity index (χ3v) is 2.68. The predicted octanol–water partition coefficient (Wildman–Crippen LogP) is 1.66. The van der Waals surface area contributed by atoms with Crippen molar-refractivity contribution in [3.63, 3.8) is 0 Å². The Morgan fingerprint density at radius 3 is 2.17 bits per heavy atom. The molecule has 0 bridgehead atoms. The molecule has 1 saturated carbocycles. The summed E-state index contributed by atoms with van der Waals surface area (Å²) in [6, 6.07) is 0.419. The van der Waals surface area contributed by atoms with Crippen LogP contribution >= 0.6 is 0 Å². The van der Waals surface area contributed by atoms with Gasteiger partial charge in [-0.3, -0.25) is 0 Å². The van der Waals surface area contributed by atoms with E-state index in [1.54, 1.807) is 0 Å². The largest absolute Gasteiger partial charge is 0.390 e. The Hall–Kier alpha value is -0.0800. The summed E-state index contributed by atoms with van der Waals surface area (Å²) in [5.41, 5.74) is 5.30. The molecule has 0 unspecified atom stereocenters. The second kappa shape index (κ2) is 3.75. The summed E-state index contributed by atoms with van der Waals surface area (Å²) in [5, 5.41) is 9.60. The van der Waals surface area contributed by atoms with Gasteiger partial charge in [-0.25, -0.2) is 0 Å². The molecule has 3 N–H and O–H groups in total. The molecular weight excluding hydrogens is 150 g/mol. The first-order valence-electron chi connectivity index (χ1n) is 4.95. The highest BCUT2D eigenvalue weighted by molar-refractivity contribution is 4.79. The molecule has 2 nitrogen and oxygen atoms in total. The van der Waals surface area contributed by atoms with E-state index < -0.39 is 5.60 Å². The molecule has 0 spiro atoms. The van der Waals surface area contributed by atoms with Crippen LogP contribution in [0.2, 0.25) is 0 Å². The maximum atomic E-state index is 9.60. The van der Waals surface area contributed by atoms with Gasteiger partial charge in [0, 0.05) is 6.04 Å². The van der Waals surface area contributed by atoms with Crippen molar-refractivity contribution in [2.75, 3.05) is 0 Å². The van der Waals surface area contributed by atoms with Gasteiger partial charge < -0.3 is 10.8 Å². The van der Waals surface area contributed by atoms with Gasteiger partial charge in [-0.2, -0.15) is 0 Å². The van der Waals surface area contributed by atoms with Gasteiger partial charge in [0.1, 0.15) is 0 Å². The Balaban J connectivity index is 2.26. The lowest BCUT2D eigenvalue weighted by Gasteiger charge is -2.30. The van der Waals surface area contributed by atoms with E-state index in [0.29, 0.717) is 12.0 Å². The van der Waals surface area contributed by atoms with Crippen molar-refractivity contribution >= 4 is 0 Å². The lowest BCUT2D eigenvalue weighted by Crippen LogP contribution is -2.30. The fraction of sp³-hybridized carbons (Fsp3) is 1.00. The van der Waals surface area contributed by atoms with Gasteiger partial charge in [-0.15, -0.1) is 0 Å². The zero-order valence-corrected chi connectivity index (χ0v) is 8.21. The van der Waals surface area contributed by atoms with Gasteiger partial charge >= 0.3 is 0 Å². The fourth-order valence-corrected chi connectivity index (χ4v) is 2.10. The third kappa shape index (κ3) is 3.55. The van der Waals surface area contributed by atoms with Gasteiger partial charge in [0.2, 0.25) is 0 Å². The first-order valence-corrected chi connectivity index (χ1v) is 4.95. The Morgan fingerprint density at radius 1 is 1.25 bits per heavy atom. The van der Waals surface area contributed by atoms with E-state index >= 15 is 0 Å². The molecule has 72 valence electrons. The predicted molar refractivity (Wildman–Crippen MR) is 50.8 cm³/mol. The molecule has 2 heteroatoms. The van der Waals surface area contributed by atoms with Crippen molar-refractivity contribution in [3.05, 3.63) is 0 Å². The molecule has 1 fully saturated rings. The highest BCUT2D eigenvalue weighted by atomic mass is 16.3. The zero-order chi connectivity index (χ0) is 9.19. The van der Waals surface area contributed by atoms with Gasteiger partial charge in [0.15, 0.2) is 0 Å². The monoisotopic (exact) mass is 171 g/mol. The molecule has 1 aliphatic rings. The standard InChI is InChI=1S/C10H21NO/c1-10(2,12)7-8-3-5-9(11)6-4-8/h8-9,12H,3-7,11H2,1-2H3/t8-,9+. The van der Waals surface area contributed by atoms with E-state index in [0.717, 1.165) is 19.3 Å². The highest BCUT2D eigenvalue weighted by Crippen LogP contribution is 2.29. The highest BCUT2D eigenvalue weighted by Gasteiger charge is 2.24. The van der Waals surface area contributed by atoms with Crippen LogP contribution < -0.4 is 5.73 Å². The summed E-state index contributed by atoms with van der Waals surface area (Å²) < 4.78 is 0. The average molecular weight is 171 g/mol. The van der Waals surface area contributed by atoms with Crippen LogP contribution in [0.15, 0.2) is 0 Å². The van der Waals surface area contributed by atoms with E-state index in [1.165, 1.54) is 12.8 Å². The van der Waals surface area contributed by atoms with Crippen molar-refractivity contribution in [2.45, 2.75) is 57.6 Å². The molecule has 0 amide bonds. The molecule has 1 aliphatic carbocycles. The lowest BCUT2D eigenvalue weighted by atomic mass is 9.80. The summed E-state index contributed by atoms with van der Waals surface area (Å²) in [5.74, 6) is 0.699. The van der Waals surface area contributed by atoms with Gasteiger partial charge in [0.25, 0.3) is 0 Å². The Kier molecular flexibility index (Phi) is 3.13. The van der Waals surface area contributed by atoms with Crippen LogP contribution in [0.4, 0.5) is 0 Å². The average Bonchev–Trinajstić information content (AvgIpc) is 1.91. The van der Waals surface area contributed by atoms with Crippen molar-refractivity contribution in [3.8, 4) is 0 Å². The quantitative estimate of drug-likeness (QED) is 0.664. The molecule has 12 heavy (non-hydrogen) atoms. The molecule has 1 rings (SSSR count). The lowest BCUT2D eigenvalue weighted by molar-refractivity contribution is 0.0447. The van der Waals surface area contributed by atoms with Crippen LogP contribution in [0.1, 0.15) is 46.0 Å². The summed E-state index contributed by atoms with van der Waals surface area (Å²) in [6.07, 6.45) is 5.61. The van der Waals surface area contributed by atoms with Crippen molar-refractivity contribution in [2.24, 2.45) is 11.7 Å². The summed E-state index contributed by atoms with van der Waals surface area (Å²) in [7, 11) is 0. The smallest absolute Gasteiger partial charge is 0.0594 e. The van der Waals surface area contributed by atoms with Crippen LogP contribution in [0, 0.1) is 5.92 Å². The third-order valence-electron chi connectivity index (χ3n) is 2.68. The molecule has 0 aromatic heterocycles. The SMILES string of the molecule is CC(C)(O)C[C@H]1CC[C@@H](N)CC1. The number of hydrogen-bond donors (Lipinski definition) is 2. The Labute approximate surface area is 75.2 Å². The zero-order valence-electron chi connectivity index (χ0n) is 8.21. The van der Waals surface area contributed by atoms with Gasteiger partial charge in [-0.1, -0.05) is 0 Å². The minimum absolute atomic E-state index is 0.419. The number of nitrogens with two attached hydrogens (primary N) is 1. The molecule has 0 aromatic rings. The van der Waals surface area contributed by atoms with Crippen LogP contribution in [-0.2, 0) is 0 Å². The number of rotatable bonds is 2. The van der Waals surface area contributed by atoms with Crippen LogP contribution in [0.25, 0.3) is 0 Å². The van der Waals surface area contributed by atoms with Crippen LogP contribution in [-0.4, -0.2) is 16.7 Å². The molecule has 0 radical (unpaired) electrons. The first-order chi connectivity index (χ1) is 5.47. The molecule has 0 atom stereocenters. The summed E-state index contributed by atoms with van der Waals surface area (Å²) in [4.78, 5) is 0. The maximum absolute atomic E-state index is 9.60. The summed E-state index contributed by atoms with van der Waals surface area (Å²) in [6.45, 7) is 3.78. The van der Waals surface area contributed by atoms with E-state index in [4.69, 9.17) is 5.73 Å². The molecule has 0 aromatic carbocycles. The van der Waals surface area contributed by atoms with Crippen LogP contribution in [0.3, 0.4) is 0 Å². The van der Waals surface area contributed by atoms with E-state index in [1.807, 2.05) is 13.8 Å². The molecule has 0 saturated heterocycles. The first kappa shape index (κ1) is 10.0. The second-order valence-electron chi connectivity index (χ2n) is 4.80. The van der Waals surface area contributed by atoms with E-state index in [9.17, 15) is 5.11 Å². The Bertz CT molecular complexity index is 131. The number of hydrogen-bond acceptors (Lipinski definition) is 2. The minimum atomic E-state index is -0.494. The maximum Gasteiger partial charge on any atom is 0.0594 e. The van der Waals surface area contributed by atoms with Gasteiger partial charge in [0.05, 0.1) is 5.60 Å². The topological polar surface area (TPSA) is 46.2 Å². The van der Waals surface area contributed by atoms with Crippen molar-refractivity contribution in [1.82, 2.24) is 0 Å². The molecule has 0 heterocycles. The van der Waals surface area contributed by atoms with E-state index in [-0.39, 0.29) is 0 Å². The van der Waals surface area contributed by atoms with Gasteiger partial charge in [-0.05, 0) is 51.9 Å². The van der Waals surface area contributed by atoms with Crippen LogP contribution in [0.5, 0.6) is 0 Å². The second-order valence-corrected chi connectivity index (χ2v) is 4.80. The molecule has 0 aliphatic heterocycles. The minimum Gasteiger partial charge on any atom is -0.390 e. The number of aliphatic hydroxyl groups is 1. The molecular formula is C10H21NO. The van der Waals surface area contributed by atoms with E-state index in [2.05, 4.69) is 0 Å².